The third-order valence-electron chi connectivity index (χ3n) is 1.64. The molecule has 0 rings (SSSR count). The minimum absolute atomic E-state index is 0.157. The molecule has 0 unspecified atom stereocenters. The number of hydrogen-bond acceptors (Lipinski definition) is 9. The second kappa shape index (κ2) is 29.7. The maximum absolute atomic E-state index is 10.1. The number of carbonyl (C=O) groups excluding carboxylic acids is 3. The van der Waals surface area contributed by atoms with Crippen molar-refractivity contribution < 1.29 is 47.1 Å². The summed E-state index contributed by atoms with van der Waals surface area (Å²) in [6, 6.07) is -0.157. The van der Waals surface area contributed by atoms with Crippen LogP contribution in [-0.4, -0.2) is 79.9 Å². The van der Waals surface area contributed by atoms with E-state index in [2.05, 4.69) is 53.1 Å². The second-order valence-corrected chi connectivity index (χ2v) is 5.44. The van der Waals surface area contributed by atoms with Crippen molar-refractivity contribution in [1.82, 2.24) is 16.0 Å². The van der Waals surface area contributed by atoms with Gasteiger partial charge in [0.2, 0.25) is 0 Å². The van der Waals surface area contributed by atoms with Crippen LogP contribution in [0.1, 0.15) is 20.3 Å². The molecule has 0 saturated heterocycles. The average molecular weight is 437 g/mol. The van der Waals surface area contributed by atoms with Crippen LogP contribution in [0.3, 0.4) is 0 Å². The van der Waals surface area contributed by atoms with Gasteiger partial charge in [0, 0.05) is 35.4 Å². The van der Waals surface area contributed by atoms with E-state index in [9.17, 15) is 18.9 Å². The van der Waals surface area contributed by atoms with Gasteiger partial charge in [-0.3, -0.25) is 9.05 Å². The SMILES string of the molecule is CCC.CNC(=O)NC.CNC(=O)OC.COC(=O)OC.COP(=O)(O)OC. The number of alkyl carbamates (subject to hydrolysis) is 1. The summed E-state index contributed by atoms with van der Waals surface area (Å²) in [7, 11) is 7.02. The number of carbonyl (C=O) groups is 3. The summed E-state index contributed by atoms with van der Waals surface area (Å²) >= 11 is 0. The Hall–Kier alpha value is -2.08. The van der Waals surface area contributed by atoms with E-state index in [0.29, 0.717) is 0 Å². The molecular weight excluding hydrogens is 401 g/mol. The molecule has 0 aromatic carbocycles. The van der Waals surface area contributed by atoms with Gasteiger partial charge in [-0.2, -0.15) is 0 Å². The maximum Gasteiger partial charge on any atom is 0.507 e. The maximum atomic E-state index is 10.1. The van der Waals surface area contributed by atoms with Crippen LogP contribution < -0.4 is 16.0 Å². The molecule has 0 atom stereocenters. The molecule has 0 aromatic rings. The first kappa shape index (κ1) is 36.8. The summed E-state index contributed by atoms with van der Waals surface area (Å²) in [5.74, 6) is 0. The first-order valence-electron chi connectivity index (χ1n) is 7.68. The molecular formula is C14H36N3O10P. The van der Waals surface area contributed by atoms with Crippen LogP contribution in [0.5, 0.6) is 0 Å². The van der Waals surface area contributed by atoms with Gasteiger partial charge in [0.15, 0.2) is 0 Å². The number of amides is 3. The molecule has 14 heteroatoms. The molecule has 0 aliphatic carbocycles. The molecule has 0 spiro atoms. The molecule has 28 heavy (non-hydrogen) atoms. The van der Waals surface area contributed by atoms with E-state index in [-0.39, 0.29) is 6.03 Å². The monoisotopic (exact) mass is 437 g/mol. The van der Waals surface area contributed by atoms with E-state index in [4.69, 9.17) is 4.89 Å². The highest BCUT2D eigenvalue weighted by Gasteiger charge is 2.13. The van der Waals surface area contributed by atoms with Gasteiger partial charge in [0.25, 0.3) is 0 Å². The molecule has 0 radical (unpaired) electrons. The van der Waals surface area contributed by atoms with Crippen LogP contribution in [0.4, 0.5) is 14.4 Å². The first-order valence-corrected chi connectivity index (χ1v) is 9.17. The Morgan fingerprint density at radius 3 is 1.11 bits per heavy atom. The lowest BCUT2D eigenvalue weighted by atomic mass is 10.6. The Labute approximate surface area is 167 Å². The van der Waals surface area contributed by atoms with E-state index < -0.39 is 20.1 Å². The van der Waals surface area contributed by atoms with Crippen LogP contribution in [0.2, 0.25) is 0 Å². The summed E-state index contributed by atoms with van der Waals surface area (Å²) < 4.78 is 30.2. The van der Waals surface area contributed by atoms with Gasteiger partial charge in [-0.25, -0.2) is 18.9 Å². The second-order valence-electron chi connectivity index (χ2n) is 3.77. The zero-order valence-electron chi connectivity index (χ0n) is 18.3. The van der Waals surface area contributed by atoms with Crippen LogP contribution in [0.15, 0.2) is 0 Å². The van der Waals surface area contributed by atoms with Gasteiger partial charge in [-0.15, -0.1) is 0 Å². The number of methoxy groups -OCH3 is 3. The van der Waals surface area contributed by atoms with E-state index in [1.807, 2.05) is 0 Å². The van der Waals surface area contributed by atoms with Crippen LogP contribution >= 0.6 is 7.82 Å². The third-order valence-corrected chi connectivity index (χ3v) is 2.56. The summed E-state index contributed by atoms with van der Waals surface area (Å²) in [6.45, 7) is 4.25. The fourth-order valence-corrected chi connectivity index (χ4v) is 0.534. The molecule has 4 N–H and O–H groups in total. The summed E-state index contributed by atoms with van der Waals surface area (Å²) in [5, 5.41) is 6.98. The third kappa shape index (κ3) is 49.6. The van der Waals surface area contributed by atoms with Crippen molar-refractivity contribution >= 4 is 26.1 Å². The Morgan fingerprint density at radius 2 is 1.11 bits per heavy atom. The number of rotatable bonds is 2. The molecule has 0 heterocycles. The Bertz CT molecular complexity index is 347. The molecule has 172 valence electrons. The quantitative estimate of drug-likeness (QED) is 0.368. The predicted octanol–water partition coefficient (Wildman–Crippen LogP) is 1.71. The van der Waals surface area contributed by atoms with E-state index >= 15 is 0 Å². The topological polar surface area (TPSA) is 171 Å². The number of ether oxygens (including phenoxy) is 3. The molecule has 0 aromatic heterocycles. The van der Waals surface area contributed by atoms with E-state index in [1.54, 1.807) is 14.1 Å². The fraction of sp³-hybridized carbons (Fsp3) is 0.786. The van der Waals surface area contributed by atoms with Crippen LogP contribution in [0, 0.1) is 0 Å². The summed E-state index contributed by atoms with van der Waals surface area (Å²) in [5.41, 5.74) is 0. The number of hydrogen-bond donors (Lipinski definition) is 4. The van der Waals surface area contributed by atoms with E-state index in [0.717, 1.165) is 14.2 Å². The fourth-order valence-electron chi connectivity index (χ4n) is 0.385. The van der Waals surface area contributed by atoms with Gasteiger partial charge >= 0.3 is 26.1 Å². The zero-order chi connectivity index (χ0) is 23.6. The zero-order valence-corrected chi connectivity index (χ0v) is 19.2. The molecule has 0 fully saturated rings. The van der Waals surface area contributed by atoms with Crippen molar-refractivity contribution in [2.24, 2.45) is 0 Å². The summed E-state index contributed by atoms with van der Waals surface area (Å²) in [4.78, 5) is 37.8. The standard InChI is InChI=1S/C3H8N2O.C3H7NO2.C3H6O3.C3H8.C2H7O4P/c1-4-3(6)5-2;1-4-3(5)6-2;1-5-3(4)6-2;1-3-2;1-5-7(3,4)6-2/h1-2H3,(H2,4,5,6);1-2H3,(H,4,5);1-2H3;3H2,1-2H3;1-2H3,(H,3,4). The van der Waals surface area contributed by atoms with Crippen molar-refractivity contribution in [3.8, 4) is 0 Å². The van der Waals surface area contributed by atoms with E-state index in [1.165, 1.54) is 34.8 Å². The molecule has 3 amide bonds. The average Bonchev–Trinajstić information content (AvgIpc) is 2.73. The Balaban J connectivity index is -0.0000000803. The lowest BCUT2D eigenvalue weighted by Gasteiger charge is -2.01. The van der Waals surface area contributed by atoms with Crippen LogP contribution in [0.25, 0.3) is 0 Å². The minimum Gasteiger partial charge on any atom is -0.453 e. The highest BCUT2D eigenvalue weighted by Crippen LogP contribution is 2.40. The van der Waals surface area contributed by atoms with Gasteiger partial charge in [0.05, 0.1) is 21.3 Å². The summed E-state index contributed by atoms with van der Waals surface area (Å²) in [6.07, 6.45) is 0.185. The lowest BCUT2D eigenvalue weighted by molar-refractivity contribution is 0.0924. The molecule has 0 aliphatic heterocycles. The number of phosphoric acid groups is 1. The molecule has 0 aliphatic rings. The van der Waals surface area contributed by atoms with Crippen molar-refractivity contribution in [3.05, 3.63) is 0 Å². The van der Waals surface area contributed by atoms with Crippen LogP contribution in [-0.2, 0) is 27.8 Å². The highest BCUT2D eigenvalue weighted by atomic mass is 31.2. The van der Waals surface area contributed by atoms with Gasteiger partial charge in [-0.05, 0) is 0 Å². The normalized spacial score (nSPS) is 8.11. The van der Waals surface area contributed by atoms with Crippen molar-refractivity contribution in [2.45, 2.75) is 20.3 Å². The number of urea groups is 1. The highest BCUT2D eigenvalue weighted by molar-refractivity contribution is 7.47. The molecule has 0 saturated carbocycles. The number of phosphoric ester groups is 1. The van der Waals surface area contributed by atoms with Crippen molar-refractivity contribution in [2.75, 3.05) is 56.7 Å². The van der Waals surface area contributed by atoms with Crippen molar-refractivity contribution in [1.29, 1.82) is 0 Å². The molecule has 0 bridgehead atoms. The Morgan fingerprint density at radius 1 is 0.786 bits per heavy atom. The van der Waals surface area contributed by atoms with Gasteiger partial charge in [0.1, 0.15) is 0 Å². The molecule has 13 nitrogen and oxygen atoms in total. The van der Waals surface area contributed by atoms with Gasteiger partial charge in [-0.1, -0.05) is 20.3 Å². The Kier molecular flexibility index (Phi) is 39.0. The first-order chi connectivity index (χ1) is 13.0. The number of nitrogens with one attached hydrogen (secondary N) is 3. The predicted molar refractivity (Wildman–Crippen MR) is 104 cm³/mol. The smallest absolute Gasteiger partial charge is 0.453 e. The minimum atomic E-state index is -3.65. The van der Waals surface area contributed by atoms with Crippen molar-refractivity contribution in [3.63, 3.8) is 0 Å². The largest absolute Gasteiger partial charge is 0.507 e. The van der Waals surface area contributed by atoms with Gasteiger partial charge < -0.3 is 35.1 Å². The lowest BCUT2D eigenvalue weighted by Crippen LogP contribution is -2.28.